The van der Waals surface area contributed by atoms with E-state index in [0.29, 0.717) is 5.75 Å². The highest BCUT2D eigenvalue weighted by Crippen LogP contribution is 2.28. The number of alkyl halides is 1. The fourth-order valence-corrected chi connectivity index (χ4v) is 1.29. The lowest BCUT2D eigenvalue weighted by atomic mass is 10.1. The zero-order valence-electron chi connectivity index (χ0n) is 7.70. The van der Waals surface area contributed by atoms with Crippen LogP contribution in [0.2, 0.25) is 0 Å². The molecule has 72 valence electrons. The van der Waals surface area contributed by atoms with Gasteiger partial charge in [-0.25, -0.2) is 0 Å². The maximum Gasteiger partial charge on any atom is 0.124 e. The normalized spacial score (nSPS) is 15.1. The number of aliphatic hydroxyl groups is 1. The molecule has 3 heteroatoms. The maximum atomic E-state index is 9.70. The average Bonchev–Trinajstić information content (AvgIpc) is 2.16. The Kier molecular flexibility index (Phi) is 3.58. The van der Waals surface area contributed by atoms with Crippen molar-refractivity contribution in [2.75, 3.05) is 7.11 Å². The zero-order valence-corrected chi connectivity index (χ0v) is 8.45. The molecule has 1 aromatic rings. The van der Waals surface area contributed by atoms with Gasteiger partial charge in [0, 0.05) is 5.56 Å². The van der Waals surface area contributed by atoms with Crippen LogP contribution < -0.4 is 4.74 Å². The predicted molar refractivity (Wildman–Crippen MR) is 53.3 cm³/mol. The number of methoxy groups -OCH3 is 1. The molecule has 2 atom stereocenters. The van der Waals surface area contributed by atoms with Crippen LogP contribution in [0.1, 0.15) is 18.6 Å². The minimum Gasteiger partial charge on any atom is -0.496 e. The number of aliphatic hydroxyl groups excluding tert-OH is 1. The molecular weight excluding hydrogens is 188 g/mol. The summed E-state index contributed by atoms with van der Waals surface area (Å²) in [4.78, 5) is 0. The first-order valence-electron chi connectivity index (χ1n) is 4.12. The van der Waals surface area contributed by atoms with Crippen LogP contribution >= 0.6 is 11.6 Å². The van der Waals surface area contributed by atoms with Gasteiger partial charge in [0.15, 0.2) is 0 Å². The standard InChI is InChI=1S/C10H13ClO2/c1-7(11)10(12)8-5-3-4-6-9(8)13-2/h3-7,10,12H,1-2H3. The fraction of sp³-hybridized carbons (Fsp3) is 0.400. The number of rotatable bonds is 3. The van der Waals surface area contributed by atoms with Gasteiger partial charge in [0.1, 0.15) is 5.75 Å². The summed E-state index contributed by atoms with van der Waals surface area (Å²) in [6.45, 7) is 1.75. The molecule has 1 rings (SSSR count). The molecule has 2 nitrogen and oxygen atoms in total. The molecule has 0 amide bonds. The van der Waals surface area contributed by atoms with E-state index in [1.807, 2.05) is 18.2 Å². The molecule has 0 radical (unpaired) electrons. The van der Waals surface area contributed by atoms with Crippen LogP contribution in [0, 0.1) is 0 Å². The van der Waals surface area contributed by atoms with E-state index in [0.717, 1.165) is 5.56 Å². The lowest BCUT2D eigenvalue weighted by molar-refractivity contribution is 0.173. The Hall–Kier alpha value is -0.730. The van der Waals surface area contributed by atoms with Crippen LogP contribution in [0.3, 0.4) is 0 Å². The largest absolute Gasteiger partial charge is 0.496 e. The molecule has 0 heterocycles. The van der Waals surface area contributed by atoms with Crippen LogP contribution in [0.5, 0.6) is 5.75 Å². The summed E-state index contributed by atoms with van der Waals surface area (Å²) < 4.78 is 5.10. The first-order valence-corrected chi connectivity index (χ1v) is 4.55. The van der Waals surface area contributed by atoms with Crippen molar-refractivity contribution >= 4 is 11.6 Å². The molecule has 13 heavy (non-hydrogen) atoms. The molecule has 0 aromatic heterocycles. The van der Waals surface area contributed by atoms with Crippen LogP contribution in [-0.4, -0.2) is 17.6 Å². The Balaban J connectivity index is 2.98. The second-order valence-electron chi connectivity index (χ2n) is 2.86. The van der Waals surface area contributed by atoms with Gasteiger partial charge in [0.05, 0.1) is 18.6 Å². The van der Waals surface area contributed by atoms with Gasteiger partial charge in [-0.1, -0.05) is 18.2 Å². The summed E-state index contributed by atoms with van der Waals surface area (Å²) >= 11 is 5.79. The molecule has 2 unspecified atom stereocenters. The van der Waals surface area contributed by atoms with Crippen molar-refractivity contribution in [3.8, 4) is 5.75 Å². The first kappa shape index (κ1) is 10.4. The monoisotopic (exact) mass is 200 g/mol. The molecule has 0 bridgehead atoms. The highest BCUT2D eigenvalue weighted by molar-refractivity contribution is 6.20. The molecule has 0 aliphatic heterocycles. The van der Waals surface area contributed by atoms with E-state index < -0.39 is 6.10 Å². The molecule has 0 fully saturated rings. The van der Waals surface area contributed by atoms with E-state index in [4.69, 9.17) is 16.3 Å². The SMILES string of the molecule is COc1ccccc1C(O)C(C)Cl. The second-order valence-corrected chi connectivity index (χ2v) is 3.55. The molecular formula is C10H13ClO2. The van der Waals surface area contributed by atoms with Gasteiger partial charge in [0.25, 0.3) is 0 Å². The van der Waals surface area contributed by atoms with Gasteiger partial charge in [-0.3, -0.25) is 0 Å². The van der Waals surface area contributed by atoms with Crippen LogP contribution in [-0.2, 0) is 0 Å². The molecule has 1 N–H and O–H groups in total. The highest BCUT2D eigenvalue weighted by atomic mass is 35.5. The van der Waals surface area contributed by atoms with Crippen molar-refractivity contribution < 1.29 is 9.84 Å². The number of hydrogen-bond acceptors (Lipinski definition) is 2. The van der Waals surface area contributed by atoms with Crippen molar-refractivity contribution in [1.29, 1.82) is 0 Å². The summed E-state index contributed by atoms with van der Waals surface area (Å²) in [5, 5.41) is 9.37. The third kappa shape index (κ3) is 2.36. The lowest BCUT2D eigenvalue weighted by Gasteiger charge is -2.16. The third-order valence-electron chi connectivity index (χ3n) is 1.89. The minimum atomic E-state index is -0.683. The highest BCUT2D eigenvalue weighted by Gasteiger charge is 2.17. The third-order valence-corrected chi connectivity index (χ3v) is 2.13. The van der Waals surface area contributed by atoms with E-state index >= 15 is 0 Å². The lowest BCUT2D eigenvalue weighted by Crippen LogP contribution is -2.09. The smallest absolute Gasteiger partial charge is 0.124 e. The number of ether oxygens (including phenoxy) is 1. The van der Waals surface area contributed by atoms with Gasteiger partial charge in [-0.05, 0) is 13.0 Å². The van der Waals surface area contributed by atoms with Gasteiger partial charge < -0.3 is 9.84 Å². The van der Waals surface area contributed by atoms with Crippen molar-refractivity contribution in [3.05, 3.63) is 29.8 Å². The summed E-state index contributed by atoms with van der Waals surface area (Å²) in [6, 6.07) is 7.31. The minimum absolute atomic E-state index is 0.323. The van der Waals surface area contributed by atoms with Crippen molar-refractivity contribution in [3.63, 3.8) is 0 Å². The number of halogens is 1. The molecule has 0 aliphatic rings. The van der Waals surface area contributed by atoms with Gasteiger partial charge in [-0.15, -0.1) is 11.6 Å². The summed E-state index contributed by atoms with van der Waals surface area (Å²) in [5.74, 6) is 0.669. The Labute approximate surface area is 83.1 Å². The molecule has 0 aliphatic carbocycles. The Morgan fingerprint density at radius 2 is 2.00 bits per heavy atom. The second kappa shape index (κ2) is 4.49. The van der Waals surface area contributed by atoms with E-state index in [-0.39, 0.29) is 5.38 Å². The topological polar surface area (TPSA) is 29.5 Å². The van der Waals surface area contributed by atoms with E-state index in [9.17, 15) is 5.11 Å². The Morgan fingerprint density at radius 1 is 1.38 bits per heavy atom. The fourth-order valence-electron chi connectivity index (χ4n) is 1.16. The van der Waals surface area contributed by atoms with Crippen LogP contribution in [0.15, 0.2) is 24.3 Å². The zero-order chi connectivity index (χ0) is 9.84. The van der Waals surface area contributed by atoms with E-state index in [1.165, 1.54) is 0 Å². The molecule has 1 aromatic carbocycles. The number of benzene rings is 1. The van der Waals surface area contributed by atoms with Gasteiger partial charge in [0.2, 0.25) is 0 Å². The van der Waals surface area contributed by atoms with Crippen molar-refractivity contribution in [1.82, 2.24) is 0 Å². The van der Waals surface area contributed by atoms with Crippen molar-refractivity contribution in [2.24, 2.45) is 0 Å². The maximum absolute atomic E-state index is 9.70. The van der Waals surface area contributed by atoms with Gasteiger partial charge in [-0.2, -0.15) is 0 Å². The van der Waals surface area contributed by atoms with E-state index in [2.05, 4.69) is 0 Å². The summed E-state index contributed by atoms with van der Waals surface area (Å²) in [7, 11) is 1.57. The summed E-state index contributed by atoms with van der Waals surface area (Å²) in [5.41, 5.74) is 0.729. The van der Waals surface area contributed by atoms with E-state index in [1.54, 1.807) is 20.1 Å². The quantitative estimate of drug-likeness (QED) is 0.760. The molecule has 0 saturated heterocycles. The summed E-state index contributed by atoms with van der Waals surface area (Å²) in [6.07, 6.45) is -0.683. The van der Waals surface area contributed by atoms with Crippen molar-refractivity contribution in [2.45, 2.75) is 18.4 Å². The van der Waals surface area contributed by atoms with Crippen LogP contribution in [0.4, 0.5) is 0 Å². The Bertz CT molecular complexity index is 273. The first-order chi connectivity index (χ1) is 6.16. The average molecular weight is 201 g/mol. The predicted octanol–water partition coefficient (Wildman–Crippen LogP) is 2.36. The number of hydrogen-bond donors (Lipinski definition) is 1. The molecule has 0 saturated carbocycles. The van der Waals surface area contributed by atoms with Crippen LogP contribution in [0.25, 0.3) is 0 Å². The molecule has 0 spiro atoms. The number of para-hydroxylation sites is 1. The van der Waals surface area contributed by atoms with Gasteiger partial charge >= 0.3 is 0 Å². The Morgan fingerprint density at radius 3 is 2.54 bits per heavy atom.